The Hall–Kier alpha value is -2.74. The molecule has 2 bridgehead atoms. The van der Waals surface area contributed by atoms with Gasteiger partial charge in [0.15, 0.2) is 22.5 Å². The van der Waals surface area contributed by atoms with Crippen molar-refractivity contribution in [1.82, 2.24) is 15.2 Å². The zero-order chi connectivity index (χ0) is 27.0. The van der Waals surface area contributed by atoms with Crippen LogP contribution in [0.2, 0.25) is 0 Å². The number of carboxylic acid groups (broad SMARTS) is 1. The molecule has 0 amide bonds. The molecule has 3 aliphatic rings. The number of carbonyl (C=O) groups is 2. The van der Waals surface area contributed by atoms with Gasteiger partial charge in [0.1, 0.15) is 6.04 Å². The van der Waals surface area contributed by atoms with Gasteiger partial charge in [-0.3, -0.25) is 14.7 Å². The Morgan fingerprint density at radius 2 is 2.16 bits per heavy atom. The second-order valence-corrected chi connectivity index (χ2v) is 10.9. The predicted octanol–water partition coefficient (Wildman–Crippen LogP) is 3.66. The van der Waals surface area contributed by atoms with Gasteiger partial charge in [-0.05, 0) is 46.8 Å². The Bertz CT molecular complexity index is 1300. The number of nitrogens with one attached hydrogen (secondary N) is 1. The second kappa shape index (κ2) is 11.2. The third-order valence-electron chi connectivity index (χ3n) is 7.01. The van der Waals surface area contributed by atoms with Gasteiger partial charge in [-0.25, -0.2) is 18.6 Å². The van der Waals surface area contributed by atoms with Gasteiger partial charge >= 0.3 is 11.9 Å². The van der Waals surface area contributed by atoms with Crippen LogP contribution in [0.1, 0.15) is 36.4 Å². The van der Waals surface area contributed by atoms with Gasteiger partial charge in [-0.15, -0.1) is 11.3 Å². The first-order chi connectivity index (χ1) is 18.3. The molecule has 0 radical (unpaired) electrons. The third-order valence-corrected chi connectivity index (χ3v) is 8.59. The number of morpholine rings is 1. The summed E-state index contributed by atoms with van der Waals surface area (Å²) in [5.41, 5.74) is 0.909. The topological polar surface area (TPSA) is 113 Å². The normalized spacial score (nSPS) is 25.2. The maximum absolute atomic E-state index is 14.6. The van der Waals surface area contributed by atoms with Crippen LogP contribution in [0.4, 0.5) is 8.78 Å². The van der Waals surface area contributed by atoms with E-state index in [1.165, 1.54) is 17.4 Å². The molecule has 202 valence electrons. The summed E-state index contributed by atoms with van der Waals surface area (Å²) in [5, 5.41) is 15.0. The van der Waals surface area contributed by atoms with E-state index in [4.69, 9.17) is 14.5 Å². The Labute approximate surface area is 229 Å². The molecule has 38 heavy (non-hydrogen) atoms. The van der Waals surface area contributed by atoms with Crippen molar-refractivity contribution in [2.45, 2.75) is 37.9 Å². The molecule has 1 aromatic heterocycles. The van der Waals surface area contributed by atoms with E-state index < -0.39 is 29.6 Å². The molecule has 5 rings (SSSR count). The number of fused-ring (bicyclic) bond motifs is 2. The SMILES string of the molecule is CCOC(=O)C1=C(CN2[C@H]3COC[C@@H]2[C@@H](CC(=O)O)C3)NC(c2nccs2)=N[C@H]1c1ccc(F)c(F)c1Br. The van der Waals surface area contributed by atoms with Gasteiger partial charge in [-0.1, -0.05) is 6.07 Å². The standard InChI is InChI=1S/C25H25BrF2N4O5S/c1-2-37-25(35)19-16(9-32-13-7-12(8-18(33)34)17(32)11-36-10-13)30-23(24-29-5-6-38-24)31-22(19)14-3-4-15(27)21(28)20(14)26/h3-6,12-13,17,22H,2,7-11H2,1H3,(H,30,31)(H,33,34)/t12-,13-,17-,22+/m1/s1. The number of hydrogen-bond acceptors (Lipinski definition) is 9. The molecule has 2 N–H and O–H groups in total. The average molecular weight is 611 g/mol. The van der Waals surface area contributed by atoms with E-state index >= 15 is 0 Å². The molecule has 4 heterocycles. The van der Waals surface area contributed by atoms with Gasteiger partial charge in [0.25, 0.3) is 0 Å². The second-order valence-electron chi connectivity index (χ2n) is 9.24. The quantitative estimate of drug-likeness (QED) is 0.344. The molecular formula is C25H25BrF2N4O5S. The Morgan fingerprint density at radius 3 is 2.87 bits per heavy atom. The van der Waals surface area contributed by atoms with Crippen LogP contribution >= 0.6 is 27.3 Å². The summed E-state index contributed by atoms with van der Waals surface area (Å²) in [6.45, 7) is 2.86. The maximum atomic E-state index is 14.6. The number of carbonyl (C=O) groups excluding carboxylic acids is 1. The first-order valence-electron chi connectivity index (χ1n) is 12.1. The fraction of sp³-hybridized carbons (Fsp3) is 0.440. The summed E-state index contributed by atoms with van der Waals surface area (Å²) in [6, 6.07) is 1.18. The largest absolute Gasteiger partial charge is 0.481 e. The average Bonchev–Trinajstić information content (AvgIpc) is 3.47. The highest BCUT2D eigenvalue weighted by Crippen LogP contribution is 2.40. The predicted molar refractivity (Wildman–Crippen MR) is 138 cm³/mol. The number of hydrogen-bond donors (Lipinski definition) is 2. The number of aromatic nitrogens is 1. The van der Waals surface area contributed by atoms with E-state index in [1.807, 2.05) is 0 Å². The van der Waals surface area contributed by atoms with Gasteiger partial charge < -0.3 is 19.9 Å². The van der Waals surface area contributed by atoms with E-state index in [9.17, 15) is 23.5 Å². The lowest BCUT2D eigenvalue weighted by atomic mass is 9.94. The number of esters is 1. The number of amidine groups is 1. The first kappa shape index (κ1) is 26.9. The number of halogens is 3. The number of carboxylic acids is 1. The minimum atomic E-state index is -1.08. The monoisotopic (exact) mass is 610 g/mol. The molecule has 13 heteroatoms. The highest BCUT2D eigenvalue weighted by molar-refractivity contribution is 9.10. The summed E-state index contributed by atoms with van der Waals surface area (Å²) in [5.74, 6) is -3.34. The Kier molecular flexibility index (Phi) is 7.89. The maximum Gasteiger partial charge on any atom is 0.338 e. The van der Waals surface area contributed by atoms with Crippen molar-refractivity contribution in [3.8, 4) is 0 Å². The highest BCUT2D eigenvalue weighted by atomic mass is 79.9. The van der Waals surface area contributed by atoms with E-state index in [0.29, 0.717) is 36.2 Å². The minimum Gasteiger partial charge on any atom is -0.481 e. The van der Waals surface area contributed by atoms with E-state index in [-0.39, 0.29) is 53.2 Å². The molecule has 2 fully saturated rings. The highest BCUT2D eigenvalue weighted by Gasteiger charge is 2.46. The molecule has 3 aliphatic heterocycles. The lowest BCUT2D eigenvalue weighted by Gasteiger charge is -2.38. The van der Waals surface area contributed by atoms with Crippen molar-refractivity contribution in [2.75, 3.05) is 26.4 Å². The third kappa shape index (κ3) is 5.12. The van der Waals surface area contributed by atoms with Crippen LogP contribution in [-0.2, 0) is 19.1 Å². The molecule has 4 atom stereocenters. The zero-order valence-corrected chi connectivity index (χ0v) is 22.7. The summed E-state index contributed by atoms with van der Waals surface area (Å²) in [7, 11) is 0. The fourth-order valence-electron chi connectivity index (χ4n) is 5.37. The molecule has 9 nitrogen and oxygen atoms in total. The van der Waals surface area contributed by atoms with Crippen LogP contribution in [-0.4, -0.2) is 71.2 Å². The molecule has 0 spiro atoms. The smallest absolute Gasteiger partial charge is 0.338 e. The Balaban J connectivity index is 1.60. The molecule has 1 aromatic carbocycles. The van der Waals surface area contributed by atoms with Crippen molar-refractivity contribution in [2.24, 2.45) is 10.9 Å². The van der Waals surface area contributed by atoms with Crippen LogP contribution in [0.25, 0.3) is 0 Å². The number of thiazole rings is 1. The van der Waals surface area contributed by atoms with E-state index in [1.54, 1.807) is 18.5 Å². The Morgan fingerprint density at radius 1 is 1.34 bits per heavy atom. The molecule has 0 aliphatic carbocycles. The van der Waals surface area contributed by atoms with E-state index in [2.05, 4.69) is 31.1 Å². The molecule has 2 aromatic rings. The van der Waals surface area contributed by atoms with Crippen LogP contribution < -0.4 is 5.32 Å². The zero-order valence-electron chi connectivity index (χ0n) is 20.3. The van der Waals surface area contributed by atoms with E-state index in [0.717, 1.165) is 6.07 Å². The van der Waals surface area contributed by atoms with Gasteiger partial charge in [0.2, 0.25) is 0 Å². The first-order valence-corrected chi connectivity index (χ1v) is 13.8. The van der Waals surface area contributed by atoms with Crippen molar-refractivity contribution in [3.63, 3.8) is 0 Å². The summed E-state index contributed by atoms with van der Waals surface area (Å²) in [4.78, 5) is 36.1. The van der Waals surface area contributed by atoms with Gasteiger partial charge in [-0.2, -0.15) is 0 Å². The number of aliphatic imine (C=N–C) groups is 1. The van der Waals surface area contributed by atoms with Crippen molar-refractivity contribution in [3.05, 3.63) is 61.7 Å². The lowest BCUT2D eigenvalue weighted by Crippen LogP contribution is -2.50. The fourth-order valence-corrected chi connectivity index (χ4v) is 6.50. The molecule has 0 unspecified atom stereocenters. The van der Waals surface area contributed by atoms with Crippen LogP contribution in [0.3, 0.4) is 0 Å². The van der Waals surface area contributed by atoms with Crippen molar-refractivity contribution in [1.29, 1.82) is 0 Å². The number of ether oxygens (including phenoxy) is 2. The summed E-state index contributed by atoms with van der Waals surface area (Å²) < 4.78 is 39.6. The van der Waals surface area contributed by atoms with Gasteiger partial charge in [0, 0.05) is 42.3 Å². The van der Waals surface area contributed by atoms with Crippen LogP contribution in [0.15, 0.2) is 44.4 Å². The minimum absolute atomic E-state index is 0.0223. The number of aliphatic carboxylic acids is 1. The molecular weight excluding hydrogens is 586 g/mol. The molecule has 2 saturated heterocycles. The summed E-state index contributed by atoms with van der Waals surface area (Å²) >= 11 is 4.49. The van der Waals surface area contributed by atoms with Gasteiger partial charge in [0.05, 0.1) is 29.9 Å². The van der Waals surface area contributed by atoms with Crippen molar-refractivity contribution >= 4 is 45.0 Å². The van der Waals surface area contributed by atoms with Crippen LogP contribution in [0.5, 0.6) is 0 Å². The van der Waals surface area contributed by atoms with Crippen molar-refractivity contribution < 1.29 is 33.0 Å². The number of nitrogens with zero attached hydrogens (tertiary/aromatic N) is 3. The number of benzene rings is 1. The van der Waals surface area contributed by atoms with Crippen LogP contribution in [0, 0.1) is 17.6 Å². The summed E-state index contributed by atoms with van der Waals surface area (Å²) in [6.07, 6.45) is 2.30. The molecule has 0 saturated carbocycles. The lowest BCUT2D eigenvalue weighted by molar-refractivity contribution is -0.139. The number of rotatable bonds is 8.